The lowest BCUT2D eigenvalue weighted by atomic mass is 10.2. The SMILES string of the molecule is Nc1ccc(C(=O)Nc2cccc(Nc3nc(Nc4cnc5c(ccn5S(=O)(=O)c5ccccc5)c4)c4sccc4n3)c2)cc1. The highest BCUT2D eigenvalue weighted by Gasteiger charge is 2.20. The van der Waals surface area contributed by atoms with Gasteiger partial charge in [-0.1, -0.05) is 24.3 Å². The summed E-state index contributed by atoms with van der Waals surface area (Å²) in [5, 5.41) is 12.0. The minimum absolute atomic E-state index is 0.183. The molecule has 11 nitrogen and oxygen atoms in total. The fraction of sp³-hybridized carbons (Fsp3) is 0. The van der Waals surface area contributed by atoms with Crippen molar-refractivity contribution in [3.8, 4) is 0 Å². The number of nitrogen functional groups attached to an aromatic ring is 1. The van der Waals surface area contributed by atoms with Crippen LogP contribution in [0.15, 0.2) is 120 Å². The average Bonchev–Trinajstić information content (AvgIpc) is 3.70. The molecule has 0 aliphatic carbocycles. The first kappa shape index (κ1) is 28.0. The third-order valence-corrected chi connectivity index (χ3v) is 9.50. The number of carbonyl (C=O) groups is 1. The standard InChI is InChI=1S/C32H24N8O3S2/c33-22-11-9-20(10-12-22)31(41)36-23-5-4-6-24(18-23)37-32-38-27-14-16-44-28(27)29(39-32)35-25-17-21-13-15-40(30(21)34-19-25)45(42,43)26-7-2-1-3-8-26/h1-19H,33H2,(H,36,41)(H2,35,37,38,39). The number of aromatic nitrogens is 4. The van der Waals surface area contributed by atoms with Crippen molar-refractivity contribution in [1.82, 2.24) is 18.9 Å². The number of anilines is 6. The van der Waals surface area contributed by atoms with Crippen LogP contribution in [0.1, 0.15) is 10.4 Å². The molecule has 7 aromatic rings. The molecular weight excluding hydrogens is 609 g/mol. The Balaban J connectivity index is 1.13. The van der Waals surface area contributed by atoms with Gasteiger partial charge in [0.15, 0.2) is 11.5 Å². The van der Waals surface area contributed by atoms with Crippen LogP contribution in [-0.2, 0) is 10.0 Å². The maximum absolute atomic E-state index is 13.2. The molecule has 0 saturated heterocycles. The predicted octanol–water partition coefficient (Wildman–Crippen LogP) is 6.60. The second-order valence-corrected chi connectivity index (χ2v) is 12.7. The van der Waals surface area contributed by atoms with Crippen LogP contribution in [0.5, 0.6) is 0 Å². The predicted molar refractivity (Wildman–Crippen MR) is 178 cm³/mol. The molecule has 4 aromatic heterocycles. The molecule has 0 aliphatic heterocycles. The maximum Gasteiger partial charge on any atom is 0.269 e. The molecule has 4 heterocycles. The first-order valence-electron chi connectivity index (χ1n) is 13.7. The minimum Gasteiger partial charge on any atom is -0.399 e. The lowest BCUT2D eigenvalue weighted by Crippen LogP contribution is -2.12. The summed E-state index contributed by atoms with van der Waals surface area (Å²) in [5.41, 5.74) is 9.76. The normalized spacial score (nSPS) is 11.5. The van der Waals surface area contributed by atoms with Gasteiger partial charge in [-0.25, -0.2) is 22.4 Å². The quantitative estimate of drug-likeness (QED) is 0.136. The van der Waals surface area contributed by atoms with Crippen molar-refractivity contribution in [3.63, 3.8) is 0 Å². The fourth-order valence-corrected chi connectivity index (χ4v) is 6.86. The Bertz CT molecular complexity index is 2300. The van der Waals surface area contributed by atoms with E-state index in [1.807, 2.05) is 29.6 Å². The molecule has 0 spiro atoms. The van der Waals surface area contributed by atoms with Gasteiger partial charge in [0, 0.05) is 34.2 Å². The first-order valence-corrected chi connectivity index (χ1v) is 16.0. The van der Waals surface area contributed by atoms with Gasteiger partial charge in [-0.05, 0) is 78.2 Å². The Kier molecular flexibility index (Phi) is 7.08. The van der Waals surface area contributed by atoms with Crippen molar-refractivity contribution in [1.29, 1.82) is 0 Å². The molecule has 1 amide bonds. The summed E-state index contributed by atoms with van der Waals surface area (Å²) in [5.74, 6) is 0.649. The van der Waals surface area contributed by atoms with Crippen molar-refractivity contribution < 1.29 is 13.2 Å². The summed E-state index contributed by atoms with van der Waals surface area (Å²) >= 11 is 1.49. The van der Waals surface area contributed by atoms with E-state index < -0.39 is 10.0 Å². The third kappa shape index (κ3) is 5.64. The highest BCUT2D eigenvalue weighted by atomic mass is 32.2. The lowest BCUT2D eigenvalue weighted by Gasteiger charge is -2.12. The maximum atomic E-state index is 13.2. The lowest BCUT2D eigenvalue weighted by molar-refractivity contribution is 0.102. The topological polar surface area (TPSA) is 157 Å². The molecular formula is C32H24N8O3S2. The number of carbonyl (C=O) groups excluding carboxylic acids is 1. The molecule has 0 bridgehead atoms. The van der Waals surface area contributed by atoms with Gasteiger partial charge in [0.1, 0.15) is 0 Å². The van der Waals surface area contributed by atoms with Crippen molar-refractivity contribution in [2.45, 2.75) is 4.90 Å². The van der Waals surface area contributed by atoms with Crippen LogP contribution in [0.4, 0.5) is 34.5 Å². The Labute approximate surface area is 261 Å². The van der Waals surface area contributed by atoms with Gasteiger partial charge >= 0.3 is 0 Å². The van der Waals surface area contributed by atoms with Gasteiger partial charge in [0.2, 0.25) is 5.95 Å². The molecule has 45 heavy (non-hydrogen) atoms. The average molecular weight is 633 g/mol. The second-order valence-electron chi connectivity index (χ2n) is 10.0. The molecule has 0 saturated carbocycles. The first-order chi connectivity index (χ1) is 21.8. The van der Waals surface area contributed by atoms with Crippen LogP contribution in [0.3, 0.4) is 0 Å². The smallest absolute Gasteiger partial charge is 0.269 e. The number of nitrogens with two attached hydrogens (primary N) is 1. The van der Waals surface area contributed by atoms with Gasteiger partial charge in [-0.3, -0.25) is 4.79 Å². The van der Waals surface area contributed by atoms with Crippen molar-refractivity contribution in [3.05, 3.63) is 120 Å². The van der Waals surface area contributed by atoms with E-state index in [1.54, 1.807) is 79.0 Å². The number of nitrogens with zero attached hydrogens (tertiary/aromatic N) is 4. The minimum atomic E-state index is -3.80. The summed E-state index contributed by atoms with van der Waals surface area (Å²) in [7, 11) is -3.80. The number of rotatable bonds is 8. The van der Waals surface area contributed by atoms with E-state index in [4.69, 9.17) is 10.7 Å². The number of amides is 1. The zero-order chi connectivity index (χ0) is 31.0. The Morgan fingerprint density at radius 2 is 1.62 bits per heavy atom. The van der Waals surface area contributed by atoms with E-state index >= 15 is 0 Å². The summed E-state index contributed by atoms with van der Waals surface area (Å²) < 4.78 is 28.4. The van der Waals surface area contributed by atoms with E-state index in [-0.39, 0.29) is 10.8 Å². The molecule has 3 aromatic carbocycles. The van der Waals surface area contributed by atoms with Crippen LogP contribution in [0, 0.1) is 0 Å². The highest BCUT2D eigenvalue weighted by molar-refractivity contribution is 7.90. The zero-order valence-electron chi connectivity index (χ0n) is 23.4. The molecule has 5 N–H and O–H groups in total. The highest BCUT2D eigenvalue weighted by Crippen LogP contribution is 2.32. The molecule has 0 radical (unpaired) electrons. The van der Waals surface area contributed by atoms with E-state index in [0.717, 1.165) is 10.2 Å². The van der Waals surface area contributed by atoms with Crippen molar-refractivity contribution in [2.24, 2.45) is 0 Å². The van der Waals surface area contributed by atoms with Crippen LogP contribution in [0.2, 0.25) is 0 Å². The number of hydrogen-bond acceptors (Lipinski definition) is 10. The molecule has 13 heteroatoms. The number of thiophene rings is 1. The monoisotopic (exact) mass is 632 g/mol. The zero-order valence-corrected chi connectivity index (χ0v) is 25.0. The summed E-state index contributed by atoms with van der Waals surface area (Å²) in [6, 6.07) is 27.6. The van der Waals surface area contributed by atoms with E-state index in [0.29, 0.717) is 51.1 Å². The van der Waals surface area contributed by atoms with Crippen molar-refractivity contribution in [2.75, 3.05) is 21.7 Å². The van der Waals surface area contributed by atoms with Gasteiger partial charge in [-0.15, -0.1) is 11.3 Å². The van der Waals surface area contributed by atoms with Gasteiger partial charge in [0.05, 0.1) is 27.0 Å². The molecule has 0 aliphatic rings. The summed E-state index contributed by atoms with van der Waals surface area (Å²) in [6.07, 6.45) is 3.07. The van der Waals surface area contributed by atoms with Crippen LogP contribution < -0.4 is 21.7 Å². The Hall–Kier alpha value is -5.79. The van der Waals surface area contributed by atoms with E-state index in [1.165, 1.54) is 21.5 Å². The Morgan fingerprint density at radius 3 is 2.44 bits per heavy atom. The van der Waals surface area contributed by atoms with Gasteiger partial charge in [-0.2, -0.15) is 4.98 Å². The van der Waals surface area contributed by atoms with Gasteiger partial charge < -0.3 is 21.7 Å². The molecule has 0 atom stereocenters. The number of benzene rings is 3. The summed E-state index contributed by atoms with van der Waals surface area (Å²) in [4.78, 5) is 26.7. The van der Waals surface area contributed by atoms with Crippen molar-refractivity contribution >= 4 is 83.0 Å². The second kappa shape index (κ2) is 11.4. The van der Waals surface area contributed by atoms with Gasteiger partial charge in [0.25, 0.3) is 15.9 Å². The number of pyridine rings is 1. The fourth-order valence-electron chi connectivity index (χ4n) is 4.75. The molecule has 222 valence electrons. The summed E-state index contributed by atoms with van der Waals surface area (Å²) in [6.45, 7) is 0. The number of nitrogens with one attached hydrogen (secondary N) is 3. The largest absolute Gasteiger partial charge is 0.399 e. The number of fused-ring (bicyclic) bond motifs is 2. The van der Waals surface area contributed by atoms with Crippen LogP contribution in [-0.4, -0.2) is 33.2 Å². The van der Waals surface area contributed by atoms with E-state index in [2.05, 4.69) is 25.9 Å². The molecule has 0 unspecified atom stereocenters. The van der Waals surface area contributed by atoms with E-state index in [9.17, 15) is 13.2 Å². The Morgan fingerprint density at radius 1 is 0.822 bits per heavy atom. The third-order valence-electron chi connectivity index (χ3n) is 6.91. The van der Waals surface area contributed by atoms with Crippen LogP contribution >= 0.6 is 11.3 Å². The molecule has 7 rings (SSSR count). The molecule has 0 fully saturated rings. The van der Waals surface area contributed by atoms with Crippen LogP contribution in [0.25, 0.3) is 21.3 Å². The number of hydrogen-bond donors (Lipinski definition) is 4.